The van der Waals surface area contributed by atoms with Crippen LogP contribution in [0.2, 0.25) is 0 Å². The van der Waals surface area contributed by atoms with Crippen molar-refractivity contribution in [1.82, 2.24) is 4.90 Å². The summed E-state index contributed by atoms with van der Waals surface area (Å²) in [7, 11) is 0. The van der Waals surface area contributed by atoms with E-state index < -0.39 is 0 Å². The molecule has 1 aromatic carbocycles. The zero-order chi connectivity index (χ0) is 11.4. The Balaban J connectivity index is 1.82. The molecule has 1 unspecified atom stereocenters. The number of carbonyl (C=O) groups excluding carboxylic acids is 1. The zero-order valence-corrected chi connectivity index (χ0v) is 9.26. The van der Waals surface area contributed by atoms with Crippen LogP contribution in [0.25, 0.3) is 0 Å². The molecule has 0 aromatic heterocycles. The van der Waals surface area contributed by atoms with Crippen molar-refractivity contribution in [2.24, 2.45) is 0 Å². The normalized spacial score (nSPS) is 19.7. The van der Waals surface area contributed by atoms with Gasteiger partial charge in [0, 0.05) is 6.54 Å². The molecule has 0 spiro atoms. The Morgan fingerprint density at radius 1 is 1.44 bits per heavy atom. The van der Waals surface area contributed by atoms with Crippen molar-refractivity contribution < 1.29 is 14.3 Å². The number of hydrogen-bond acceptors (Lipinski definition) is 3. The number of para-hydroxylation sites is 1. The van der Waals surface area contributed by atoms with Gasteiger partial charge < -0.3 is 14.4 Å². The molecule has 1 heterocycles. The van der Waals surface area contributed by atoms with E-state index in [0.717, 1.165) is 5.75 Å². The maximum Gasteiger partial charge on any atom is 0.410 e. The third-order valence-electron chi connectivity index (χ3n) is 2.51. The smallest absolute Gasteiger partial charge is 0.410 e. The van der Waals surface area contributed by atoms with E-state index in [0.29, 0.717) is 19.7 Å². The van der Waals surface area contributed by atoms with Crippen LogP contribution >= 0.6 is 0 Å². The maximum atomic E-state index is 11.3. The number of cyclic esters (lactones) is 1. The molecular weight excluding hydrogens is 206 g/mol. The van der Waals surface area contributed by atoms with E-state index in [9.17, 15) is 4.79 Å². The van der Waals surface area contributed by atoms with Crippen LogP contribution in [-0.2, 0) is 4.74 Å². The summed E-state index contributed by atoms with van der Waals surface area (Å²) in [6, 6.07) is 9.52. The molecule has 86 valence electrons. The molecule has 4 heteroatoms. The van der Waals surface area contributed by atoms with Gasteiger partial charge in [0.1, 0.15) is 12.4 Å². The Morgan fingerprint density at radius 2 is 2.19 bits per heavy atom. The molecule has 4 nitrogen and oxygen atoms in total. The minimum atomic E-state index is -0.246. The zero-order valence-electron chi connectivity index (χ0n) is 9.26. The number of benzene rings is 1. The summed E-state index contributed by atoms with van der Waals surface area (Å²) in [6.45, 7) is 3.64. The van der Waals surface area contributed by atoms with Crippen LogP contribution in [0.4, 0.5) is 4.79 Å². The van der Waals surface area contributed by atoms with Crippen LogP contribution in [0.15, 0.2) is 30.3 Å². The Morgan fingerprint density at radius 3 is 2.81 bits per heavy atom. The van der Waals surface area contributed by atoms with Gasteiger partial charge in [-0.3, -0.25) is 0 Å². The van der Waals surface area contributed by atoms with E-state index in [-0.39, 0.29) is 12.2 Å². The molecule has 1 aliphatic rings. The van der Waals surface area contributed by atoms with Crippen LogP contribution < -0.4 is 4.74 Å². The fraction of sp³-hybridized carbons (Fsp3) is 0.417. The lowest BCUT2D eigenvalue weighted by atomic mass is 10.3. The highest BCUT2D eigenvalue weighted by Gasteiger charge is 2.30. The van der Waals surface area contributed by atoms with Crippen molar-refractivity contribution in [3.05, 3.63) is 30.3 Å². The molecule has 2 rings (SSSR count). The fourth-order valence-corrected chi connectivity index (χ4v) is 1.63. The summed E-state index contributed by atoms with van der Waals surface area (Å²) in [5.41, 5.74) is 0. The molecule has 0 aliphatic carbocycles. The average Bonchev–Trinajstić information content (AvgIpc) is 2.69. The standard InChI is InChI=1S/C12H15NO3/c1-2-13-8-11(16-12(13)14)9-15-10-6-4-3-5-7-10/h3-7,11H,2,8-9H2,1H3. The molecule has 0 radical (unpaired) electrons. The van der Waals surface area contributed by atoms with Crippen molar-refractivity contribution in [3.63, 3.8) is 0 Å². The summed E-state index contributed by atoms with van der Waals surface area (Å²) >= 11 is 0. The Hall–Kier alpha value is -1.71. The molecule has 16 heavy (non-hydrogen) atoms. The highest BCUT2D eigenvalue weighted by Crippen LogP contribution is 2.14. The molecule has 1 aromatic rings. The predicted octanol–water partition coefficient (Wildman–Crippen LogP) is 1.91. The van der Waals surface area contributed by atoms with Gasteiger partial charge in [0.2, 0.25) is 0 Å². The van der Waals surface area contributed by atoms with E-state index in [4.69, 9.17) is 9.47 Å². The number of likely N-dealkylation sites (N-methyl/N-ethyl adjacent to an activating group) is 1. The van der Waals surface area contributed by atoms with Gasteiger partial charge in [0.05, 0.1) is 6.54 Å². The minimum Gasteiger partial charge on any atom is -0.490 e. The Bertz CT molecular complexity index is 353. The van der Waals surface area contributed by atoms with Crippen molar-refractivity contribution in [3.8, 4) is 5.75 Å². The molecule has 0 N–H and O–H groups in total. The summed E-state index contributed by atoms with van der Waals surface area (Å²) in [4.78, 5) is 12.9. The van der Waals surface area contributed by atoms with Crippen LogP contribution in [-0.4, -0.2) is 36.8 Å². The summed E-state index contributed by atoms with van der Waals surface area (Å²) in [5, 5.41) is 0. The van der Waals surface area contributed by atoms with Gasteiger partial charge in [-0.1, -0.05) is 18.2 Å². The van der Waals surface area contributed by atoms with Gasteiger partial charge in [-0.15, -0.1) is 0 Å². The van der Waals surface area contributed by atoms with Crippen molar-refractivity contribution >= 4 is 6.09 Å². The molecule has 1 atom stereocenters. The summed E-state index contributed by atoms with van der Waals surface area (Å²) < 4.78 is 10.7. The minimum absolute atomic E-state index is 0.160. The van der Waals surface area contributed by atoms with Gasteiger partial charge in [-0.2, -0.15) is 0 Å². The van der Waals surface area contributed by atoms with Crippen LogP contribution in [0.3, 0.4) is 0 Å². The highest BCUT2D eigenvalue weighted by molar-refractivity contribution is 5.69. The maximum absolute atomic E-state index is 11.3. The summed E-state index contributed by atoms with van der Waals surface area (Å²) in [6.07, 6.45) is -0.406. The average molecular weight is 221 g/mol. The number of ether oxygens (including phenoxy) is 2. The molecule has 1 saturated heterocycles. The third-order valence-corrected chi connectivity index (χ3v) is 2.51. The monoisotopic (exact) mass is 221 g/mol. The Labute approximate surface area is 94.8 Å². The lowest BCUT2D eigenvalue weighted by molar-refractivity contribution is 0.103. The number of rotatable bonds is 4. The first-order chi connectivity index (χ1) is 7.79. The van der Waals surface area contributed by atoms with Crippen LogP contribution in [0, 0.1) is 0 Å². The quantitative estimate of drug-likeness (QED) is 0.779. The van der Waals surface area contributed by atoms with Gasteiger partial charge in [-0.25, -0.2) is 4.79 Å². The largest absolute Gasteiger partial charge is 0.490 e. The van der Waals surface area contributed by atoms with Crippen molar-refractivity contribution in [2.75, 3.05) is 19.7 Å². The molecule has 1 aliphatic heterocycles. The van der Waals surface area contributed by atoms with Gasteiger partial charge in [-0.05, 0) is 19.1 Å². The first-order valence-corrected chi connectivity index (χ1v) is 5.43. The number of carbonyl (C=O) groups is 1. The third kappa shape index (κ3) is 2.45. The first kappa shape index (κ1) is 10.8. The number of nitrogens with zero attached hydrogens (tertiary/aromatic N) is 1. The topological polar surface area (TPSA) is 38.8 Å². The van der Waals surface area contributed by atoms with E-state index in [1.165, 1.54) is 0 Å². The predicted molar refractivity (Wildman–Crippen MR) is 59.5 cm³/mol. The van der Waals surface area contributed by atoms with E-state index in [2.05, 4.69) is 0 Å². The Kier molecular flexibility index (Phi) is 3.29. The lowest BCUT2D eigenvalue weighted by Gasteiger charge is -2.10. The van der Waals surface area contributed by atoms with Crippen LogP contribution in [0.5, 0.6) is 5.75 Å². The molecule has 1 fully saturated rings. The van der Waals surface area contributed by atoms with Crippen LogP contribution in [0.1, 0.15) is 6.92 Å². The van der Waals surface area contributed by atoms with E-state index in [1.54, 1.807) is 4.90 Å². The lowest BCUT2D eigenvalue weighted by Crippen LogP contribution is -2.26. The number of hydrogen-bond donors (Lipinski definition) is 0. The SMILES string of the molecule is CCN1CC(COc2ccccc2)OC1=O. The molecular formula is C12H15NO3. The van der Waals surface area contributed by atoms with Crippen molar-refractivity contribution in [2.45, 2.75) is 13.0 Å². The number of amides is 1. The molecule has 0 bridgehead atoms. The van der Waals surface area contributed by atoms with Gasteiger partial charge in [0.15, 0.2) is 6.10 Å². The fourth-order valence-electron chi connectivity index (χ4n) is 1.63. The van der Waals surface area contributed by atoms with Gasteiger partial charge >= 0.3 is 6.09 Å². The second-order valence-electron chi connectivity index (χ2n) is 3.67. The van der Waals surface area contributed by atoms with Crippen molar-refractivity contribution in [1.29, 1.82) is 0 Å². The second-order valence-corrected chi connectivity index (χ2v) is 3.67. The van der Waals surface area contributed by atoms with E-state index >= 15 is 0 Å². The van der Waals surface area contributed by atoms with E-state index in [1.807, 2.05) is 37.3 Å². The second kappa shape index (κ2) is 4.88. The molecule has 1 amide bonds. The molecule has 0 saturated carbocycles. The van der Waals surface area contributed by atoms with Gasteiger partial charge in [0.25, 0.3) is 0 Å². The summed E-state index contributed by atoms with van der Waals surface area (Å²) in [5.74, 6) is 0.800. The first-order valence-electron chi connectivity index (χ1n) is 5.43. The highest BCUT2D eigenvalue weighted by atomic mass is 16.6.